The van der Waals surface area contributed by atoms with Gasteiger partial charge in [0, 0.05) is 0 Å². The first-order valence-electron chi connectivity index (χ1n) is 11.3. The number of hydrogen-bond acceptors (Lipinski definition) is 8. The fourth-order valence-electron chi connectivity index (χ4n) is 3.67. The number of amides is 3. The Kier molecular flexibility index (Phi) is 14.6. The molecule has 5 unspecified atom stereocenters. The van der Waals surface area contributed by atoms with Gasteiger partial charge in [-0.25, -0.2) is 4.79 Å². The van der Waals surface area contributed by atoms with Crippen molar-refractivity contribution in [2.45, 2.75) is 68.9 Å². The van der Waals surface area contributed by atoms with Gasteiger partial charge in [-0.15, -0.1) is 0 Å². The average molecular weight is 717 g/mol. The molecular formula is C19H35N3O7PS2Tl. The Labute approximate surface area is 221 Å². The Hall–Kier alpha value is 0.462. The number of urea groups is 1. The number of fused-ring (bicyclic) bond motifs is 1. The van der Waals surface area contributed by atoms with E-state index in [0.29, 0.717) is 83.5 Å². The number of ether oxygens (including phenoxy) is 1. The van der Waals surface area contributed by atoms with Gasteiger partial charge in [0.1, 0.15) is 0 Å². The van der Waals surface area contributed by atoms with Crippen LogP contribution < -0.4 is 16.0 Å². The van der Waals surface area contributed by atoms with Gasteiger partial charge in [-0.3, -0.25) is 0 Å². The van der Waals surface area contributed by atoms with Crippen LogP contribution in [0.4, 0.5) is 4.79 Å². The normalized spacial score (nSPS) is 24.5. The molecule has 0 aliphatic carbocycles. The van der Waals surface area contributed by atoms with Crippen LogP contribution in [0.15, 0.2) is 0 Å². The Morgan fingerprint density at radius 1 is 1.30 bits per heavy atom. The monoisotopic (exact) mass is 717 g/mol. The van der Waals surface area contributed by atoms with E-state index in [2.05, 4.69) is 16.0 Å². The van der Waals surface area contributed by atoms with Crippen LogP contribution in [-0.2, 0) is 33.1 Å². The maximum absolute atomic E-state index is 12.2. The summed E-state index contributed by atoms with van der Waals surface area (Å²) in [7, 11) is 0. The maximum atomic E-state index is 12.2. The number of carbonyl (C=O) groups is 2. The summed E-state index contributed by atoms with van der Waals surface area (Å²) in [5.41, 5.74) is 0. The molecule has 2 aliphatic heterocycles. The molecule has 33 heavy (non-hydrogen) atoms. The summed E-state index contributed by atoms with van der Waals surface area (Å²) >= 11 is 7.23. The topological polar surface area (TPSA) is 127 Å². The predicted octanol–water partition coefficient (Wildman–Crippen LogP) is 1.36. The van der Waals surface area contributed by atoms with Crippen LogP contribution in [0.25, 0.3) is 0 Å². The fourth-order valence-corrected chi connectivity index (χ4v) is 7.49. The van der Waals surface area contributed by atoms with E-state index in [9.17, 15) is 14.5 Å². The SMILES string of the molecule is CCOCCCOP(O)(=S)OCCC(CCNC(=O)CCCC1SCC2NC(=O)NC21)[O][Tl]. The number of nitrogens with one attached hydrogen (secondary N) is 3. The van der Waals surface area contributed by atoms with Crippen molar-refractivity contribution in [1.82, 2.24) is 16.0 Å². The Morgan fingerprint density at radius 2 is 2.09 bits per heavy atom. The van der Waals surface area contributed by atoms with E-state index in [-0.39, 0.29) is 36.7 Å². The third kappa shape index (κ3) is 11.8. The van der Waals surface area contributed by atoms with Crippen molar-refractivity contribution in [2.75, 3.05) is 38.7 Å². The van der Waals surface area contributed by atoms with Crippen LogP contribution in [0.1, 0.15) is 45.4 Å². The summed E-state index contributed by atoms with van der Waals surface area (Å²) in [5, 5.41) is 9.22. The molecule has 2 fully saturated rings. The first-order valence-corrected chi connectivity index (χ1v) is 16.8. The molecule has 188 valence electrons. The van der Waals surface area contributed by atoms with Crippen molar-refractivity contribution in [1.29, 1.82) is 0 Å². The summed E-state index contributed by atoms with van der Waals surface area (Å²) in [6.45, 7) is 0.955. The summed E-state index contributed by atoms with van der Waals surface area (Å²) in [6, 6.07) is 0.307. The molecule has 2 saturated heterocycles. The van der Waals surface area contributed by atoms with Gasteiger partial charge in [0.2, 0.25) is 0 Å². The number of rotatable bonds is 18. The zero-order chi connectivity index (χ0) is 24.1. The molecule has 4 N–H and O–H groups in total. The summed E-state index contributed by atoms with van der Waals surface area (Å²) in [5.74, 6) is 0.956. The first-order chi connectivity index (χ1) is 15.8. The van der Waals surface area contributed by atoms with Crippen LogP contribution >= 0.6 is 18.5 Å². The van der Waals surface area contributed by atoms with Crippen LogP contribution in [0.5, 0.6) is 0 Å². The molecular weight excluding hydrogens is 682 g/mol. The molecule has 0 radical (unpaired) electrons. The van der Waals surface area contributed by atoms with E-state index >= 15 is 0 Å². The van der Waals surface area contributed by atoms with Gasteiger partial charge in [0.15, 0.2) is 0 Å². The molecule has 0 aromatic heterocycles. The quantitative estimate of drug-likeness (QED) is 0.0721. The summed E-state index contributed by atoms with van der Waals surface area (Å²) in [4.78, 5) is 33.6. The molecule has 2 heterocycles. The van der Waals surface area contributed by atoms with E-state index in [1.165, 1.54) is 0 Å². The third-order valence-corrected chi connectivity index (χ3v) is 10.1. The molecule has 2 rings (SSSR count). The Bertz CT molecular complexity index is 667. The fraction of sp³-hybridized carbons (Fsp3) is 0.895. The van der Waals surface area contributed by atoms with Crippen molar-refractivity contribution in [3.8, 4) is 0 Å². The minimum absolute atomic E-state index is 0.0280. The van der Waals surface area contributed by atoms with E-state index in [1.54, 1.807) is 0 Å². The molecule has 5 atom stereocenters. The number of carbonyl (C=O) groups excluding carboxylic acids is 2. The second-order valence-electron chi connectivity index (χ2n) is 7.88. The molecule has 2 aliphatic rings. The van der Waals surface area contributed by atoms with E-state index in [0.717, 1.165) is 18.6 Å². The van der Waals surface area contributed by atoms with Gasteiger partial charge < -0.3 is 5.32 Å². The van der Waals surface area contributed by atoms with Crippen LogP contribution in [0, 0.1) is 0 Å². The molecule has 3 amide bonds. The van der Waals surface area contributed by atoms with E-state index < -0.39 is 6.72 Å². The van der Waals surface area contributed by atoms with Crippen molar-refractivity contribution >= 4 is 68.4 Å². The summed E-state index contributed by atoms with van der Waals surface area (Å²) < 4.78 is 21.5. The molecule has 14 heteroatoms. The van der Waals surface area contributed by atoms with Gasteiger partial charge in [0.25, 0.3) is 0 Å². The average Bonchev–Trinajstić information content (AvgIpc) is 3.32. The summed E-state index contributed by atoms with van der Waals surface area (Å²) in [6.07, 6.45) is 4.04. The predicted molar refractivity (Wildman–Crippen MR) is 132 cm³/mol. The molecule has 10 nitrogen and oxygen atoms in total. The van der Waals surface area contributed by atoms with Crippen LogP contribution in [0.3, 0.4) is 0 Å². The standard InChI is InChI=1S/C19H35N3O7PS2.Tl/c1-2-27-10-4-11-28-30(26,31)29-12-8-14(23)7-9-20-17(24)6-3-5-16-18-15(13-32-16)21-19(25)22-18;/h14-16,18H,2-13H2,1H3,(H,20,24)(H,26,31)(H2,21,22,25);/q-1;+1. The number of thioether (sulfide) groups is 1. The van der Waals surface area contributed by atoms with Crippen molar-refractivity contribution in [3.05, 3.63) is 0 Å². The first kappa shape index (κ1) is 29.7. The van der Waals surface area contributed by atoms with Gasteiger partial charge in [-0.05, 0) is 6.92 Å². The molecule has 0 bridgehead atoms. The van der Waals surface area contributed by atoms with Crippen molar-refractivity contribution in [3.63, 3.8) is 0 Å². The second-order valence-corrected chi connectivity index (χ2v) is 13.1. The van der Waals surface area contributed by atoms with Crippen LogP contribution in [0.2, 0.25) is 0 Å². The molecule has 0 saturated carbocycles. The van der Waals surface area contributed by atoms with Crippen molar-refractivity contribution in [2.24, 2.45) is 0 Å². The molecule has 0 spiro atoms. The zero-order valence-electron chi connectivity index (χ0n) is 19.0. The Balaban J connectivity index is 1.51. The van der Waals surface area contributed by atoms with Gasteiger partial charge in [0.05, 0.1) is 0 Å². The third-order valence-electron chi connectivity index (χ3n) is 5.40. The minimum atomic E-state index is -3.24. The Morgan fingerprint density at radius 3 is 2.85 bits per heavy atom. The molecule has 0 aromatic carbocycles. The molecule has 0 aromatic rings. The number of hydrogen-bond donors (Lipinski definition) is 4. The van der Waals surface area contributed by atoms with Gasteiger partial charge >= 0.3 is 206 Å². The van der Waals surface area contributed by atoms with Gasteiger partial charge in [-0.2, -0.15) is 0 Å². The van der Waals surface area contributed by atoms with E-state index in [4.69, 9.17) is 28.3 Å². The van der Waals surface area contributed by atoms with E-state index in [1.807, 2.05) is 18.7 Å². The zero-order valence-corrected chi connectivity index (χ0v) is 26.0. The second kappa shape index (κ2) is 16.3. The van der Waals surface area contributed by atoms with Crippen molar-refractivity contribution < 1.29 is 31.0 Å². The van der Waals surface area contributed by atoms with Gasteiger partial charge in [-0.1, -0.05) is 0 Å². The van der Waals surface area contributed by atoms with Crippen LogP contribution in [-0.4, -0.2) is 105 Å².